The Labute approximate surface area is 108 Å². The highest BCUT2D eigenvalue weighted by atomic mass is 79.9. The molecule has 5 nitrogen and oxygen atoms in total. The van der Waals surface area contributed by atoms with Gasteiger partial charge in [-0.1, -0.05) is 0 Å². The van der Waals surface area contributed by atoms with Crippen LogP contribution in [-0.4, -0.2) is 26.4 Å². The fraction of sp³-hybridized carbons (Fsp3) is 0.364. The van der Waals surface area contributed by atoms with Crippen LogP contribution in [-0.2, 0) is 13.5 Å². The highest BCUT2D eigenvalue weighted by Crippen LogP contribution is 2.14. The molecule has 90 valence electrons. The first-order valence-corrected chi connectivity index (χ1v) is 6.10. The molecule has 0 aliphatic carbocycles. The maximum Gasteiger partial charge on any atom is 0.232 e. The SMILES string of the molecule is CCOc1cc(Cc2ncc(Br)cn2)n(C)n1. The second kappa shape index (κ2) is 5.27. The summed E-state index contributed by atoms with van der Waals surface area (Å²) in [4.78, 5) is 8.46. The monoisotopic (exact) mass is 296 g/mol. The van der Waals surface area contributed by atoms with Gasteiger partial charge in [0.2, 0.25) is 5.88 Å². The molecule has 17 heavy (non-hydrogen) atoms. The van der Waals surface area contributed by atoms with Crippen LogP contribution in [0.3, 0.4) is 0 Å². The summed E-state index contributed by atoms with van der Waals surface area (Å²) in [5, 5.41) is 4.24. The van der Waals surface area contributed by atoms with Crippen LogP contribution in [0.1, 0.15) is 18.4 Å². The Kier molecular flexibility index (Phi) is 3.73. The van der Waals surface area contributed by atoms with Crippen molar-refractivity contribution < 1.29 is 4.74 Å². The van der Waals surface area contributed by atoms with Gasteiger partial charge < -0.3 is 4.74 Å². The Balaban J connectivity index is 2.15. The highest BCUT2D eigenvalue weighted by Gasteiger charge is 2.08. The van der Waals surface area contributed by atoms with E-state index in [0.29, 0.717) is 18.9 Å². The van der Waals surface area contributed by atoms with Gasteiger partial charge in [-0.25, -0.2) is 9.97 Å². The third kappa shape index (κ3) is 3.03. The quantitative estimate of drug-likeness (QED) is 0.865. The minimum Gasteiger partial charge on any atom is -0.477 e. The Morgan fingerprint density at radius 1 is 1.35 bits per heavy atom. The lowest BCUT2D eigenvalue weighted by molar-refractivity contribution is 0.323. The summed E-state index contributed by atoms with van der Waals surface area (Å²) in [6.07, 6.45) is 4.12. The first-order valence-electron chi connectivity index (χ1n) is 5.31. The van der Waals surface area contributed by atoms with Crippen LogP contribution in [0.4, 0.5) is 0 Å². The Morgan fingerprint density at radius 2 is 2.06 bits per heavy atom. The standard InChI is InChI=1S/C11H13BrN4O/c1-3-17-11-5-9(16(2)15-11)4-10-13-6-8(12)7-14-10/h5-7H,3-4H2,1-2H3. The molecule has 0 N–H and O–H groups in total. The minimum atomic E-state index is 0.616. The zero-order valence-corrected chi connectivity index (χ0v) is 11.3. The van der Waals surface area contributed by atoms with Crippen molar-refractivity contribution in [2.45, 2.75) is 13.3 Å². The molecular formula is C11H13BrN4O. The second-order valence-electron chi connectivity index (χ2n) is 3.52. The number of ether oxygens (including phenoxy) is 1. The van der Waals surface area contributed by atoms with Crippen LogP contribution in [0.15, 0.2) is 22.9 Å². The van der Waals surface area contributed by atoms with Crippen molar-refractivity contribution in [1.29, 1.82) is 0 Å². The maximum atomic E-state index is 5.34. The van der Waals surface area contributed by atoms with Crippen molar-refractivity contribution in [1.82, 2.24) is 19.7 Å². The first kappa shape index (κ1) is 12.0. The average Bonchev–Trinajstić information content (AvgIpc) is 2.63. The lowest BCUT2D eigenvalue weighted by Crippen LogP contribution is -2.02. The number of halogens is 1. The maximum absolute atomic E-state index is 5.34. The van der Waals surface area contributed by atoms with E-state index in [-0.39, 0.29) is 0 Å². The number of aryl methyl sites for hydroxylation is 1. The summed E-state index contributed by atoms with van der Waals surface area (Å²) in [7, 11) is 1.89. The topological polar surface area (TPSA) is 52.8 Å². The molecule has 2 aromatic heterocycles. The van der Waals surface area contributed by atoms with Gasteiger partial charge in [-0.15, -0.1) is 5.10 Å². The minimum absolute atomic E-state index is 0.616. The van der Waals surface area contributed by atoms with Gasteiger partial charge in [-0.2, -0.15) is 0 Å². The molecule has 0 aliphatic rings. The molecule has 0 saturated carbocycles. The summed E-state index contributed by atoms with van der Waals surface area (Å²) in [5.74, 6) is 1.40. The second-order valence-corrected chi connectivity index (χ2v) is 4.44. The van der Waals surface area contributed by atoms with Gasteiger partial charge in [0, 0.05) is 37.6 Å². The first-order chi connectivity index (χ1) is 8.19. The van der Waals surface area contributed by atoms with Gasteiger partial charge in [0.15, 0.2) is 0 Å². The van der Waals surface area contributed by atoms with Crippen LogP contribution in [0.2, 0.25) is 0 Å². The molecule has 0 saturated heterocycles. The fourth-order valence-electron chi connectivity index (χ4n) is 1.45. The van der Waals surface area contributed by atoms with Crippen LogP contribution >= 0.6 is 15.9 Å². The Bertz CT molecular complexity index is 495. The molecule has 0 amide bonds. The summed E-state index contributed by atoms with van der Waals surface area (Å²) >= 11 is 3.31. The molecule has 0 spiro atoms. The predicted molar refractivity (Wildman–Crippen MR) is 66.9 cm³/mol. The van der Waals surface area contributed by atoms with Crippen molar-refractivity contribution >= 4 is 15.9 Å². The van der Waals surface area contributed by atoms with Crippen molar-refractivity contribution in [3.05, 3.63) is 34.5 Å². The number of hydrogen-bond acceptors (Lipinski definition) is 4. The molecular weight excluding hydrogens is 284 g/mol. The van der Waals surface area contributed by atoms with Gasteiger partial charge in [-0.05, 0) is 22.9 Å². The highest BCUT2D eigenvalue weighted by molar-refractivity contribution is 9.10. The van der Waals surface area contributed by atoms with E-state index in [1.807, 2.05) is 20.0 Å². The third-order valence-corrected chi connectivity index (χ3v) is 2.67. The van der Waals surface area contributed by atoms with E-state index in [1.54, 1.807) is 17.1 Å². The molecule has 0 unspecified atom stereocenters. The number of aromatic nitrogens is 4. The van der Waals surface area contributed by atoms with Gasteiger partial charge in [-0.3, -0.25) is 4.68 Å². The largest absolute Gasteiger partial charge is 0.477 e. The van der Waals surface area contributed by atoms with Crippen LogP contribution in [0.5, 0.6) is 5.88 Å². The summed E-state index contributed by atoms with van der Waals surface area (Å²) in [6, 6.07) is 1.91. The van der Waals surface area contributed by atoms with E-state index in [9.17, 15) is 0 Å². The van der Waals surface area contributed by atoms with Gasteiger partial charge in [0.25, 0.3) is 0 Å². The lowest BCUT2D eigenvalue weighted by atomic mass is 10.3. The van der Waals surface area contributed by atoms with Crippen LogP contribution in [0.25, 0.3) is 0 Å². The molecule has 0 atom stereocenters. The number of rotatable bonds is 4. The van der Waals surface area contributed by atoms with Crippen molar-refractivity contribution in [2.24, 2.45) is 7.05 Å². The Morgan fingerprint density at radius 3 is 2.71 bits per heavy atom. The van der Waals surface area contributed by atoms with Crippen LogP contribution in [0, 0.1) is 0 Å². The smallest absolute Gasteiger partial charge is 0.232 e. The number of nitrogens with zero attached hydrogens (tertiary/aromatic N) is 4. The molecule has 6 heteroatoms. The summed E-state index contributed by atoms with van der Waals surface area (Å²) in [6.45, 7) is 2.55. The molecule has 2 heterocycles. The van der Waals surface area contributed by atoms with E-state index in [4.69, 9.17) is 4.74 Å². The van der Waals surface area contributed by atoms with Crippen LogP contribution < -0.4 is 4.74 Å². The molecule has 0 radical (unpaired) electrons. The zero-order valence-electron chi connectivity index (χ0n) is 9.72. The van der Waals surface area contributed by atoms with E-state index in [2.05, 4.69) is 31.0 Å². The Hall–Kier alpha value is -1.43. The van der Waals surface area contributed by atoms with Crippen molar-refractivity contribution in [3.63, 3.8) is 0 Å². The molecule has 0 aliphatic heterocycles. The van der Waals surface area contributed by atoms with E-state index < -0.39 is 0 Å². The lowest BCUT2D eigenvalue weighted by Gasteiger charge is -1.99. The third-order valence-electron chi connectivity index (χ3n) is 2.26. The van der Waals surface area contributed by atoms with E-state index >= 15 is 0 Å². The molecule has 0 fully saturated rings. The van der Waals surface area contributed by atoms with Crippen molar-refractivity contribution in [3.8, 4) is 5.88 Å². The van der Waals surface area contributed by atoms with Gasteiger partial charge in [0.05, 0.1) is 11.1 Å². The normalized spacial score (nSPS) is 10.5. The summed E-state index contributed by atoms with van der Waals surface area (Å²) in [5.41, 5.74) is 1.02. The fourth-order valence-corrected chi connectivity index (χ4v) is 1.66. The van der Waals surface area contributed by atoms with Gasteiger partial charge in [0.1, 0.15) is 5.82 Å². The molecule has 0 bridgehead atoms. The molecule has 2 rings (SSSR count). The van der Waals surface area contributed by atoms with Crippen molar-refractivity contribution in [2.75, 3.05) is 6.61 Å². The zero-order chi connectivity index (χ0) is 12.3. The molecule has 0 aromatic carbocycles. The number of hydrogen-bond donors (Lipinski definition) is 0. The molecule has 2 aromatic rings. The summed E-state index contributed by atoms with van der Waals surface area (Å²) < 4.78 is 8.01. The van der Waals surface area contributed by atoms with E-state index in [0.717, 1.165) is 16.0 Å². The predicted octanol–water partition coefficient (Wildman–Crippen LogP) is 1.96. The van der Waals surface area contributed by atoms with Gasteiger partial charge >= 0.3 is 0 Å². The van der Waals surface area contributed by atoms with E-state index in [1.165, 1.54) is 0 Å². The average molecular weight is 297 g/mol.